The number of hydrogen-bond donors (Lipinski definition) is 2. The summed E-state index contributed by atoms with van der Waals surface area (Å²) < 4.78 is 0. The molecule has 14 heavy (non-hydrogen) atoms. The monoisotopic (exact) mass is 197 g/mol. The third-order valence-corrected chi connectivity index (χ3v) is 2.74. The fourth-order valence-electron chi connectivity index (χ4n) is 1.90. The molecule has 0 atom stereocenters. The van der Waals surface area contributed by atoms with E-state index in [0.717, 1.165) is 5.92 Å². The smallest absolute Gasteiger partial charge is 0.189 e. The van der Waals surface area contributed by atoms with Crippen molar-refractivity contribution in [3.63, 3.8) is 0 Å². The average molecular weight is 197 g/mol. The van der Waals surface area contributed by atoms with E-state index in [1.54, 1.807) is 0 Å². The zero-order valence-electron chi connectivity index (χ0n) is 9.59. The van der Waals surface area contributed by atoms with E-state index >= 15 is 0 Å². The standard InChI is InChI=1S/C11H23N3/c1-8(2)13-11(12)14-10-6-4-9(3)5-7-10/h8-10H,4-7H2,1-3H3,(H3,12,13,14). The number of nitrogens with one attached hydrogen (secondary N) is 1. The minimum atomic E-state index is 0.376. The lowest BCUT2D eigenvalue weighted by Gasteiger charge is -2.23. The minimum absolute atomic E-state index is 0.376. The van der Waals surface area contributed by atoms with Gasteiger partial charge >= 0.3 is 0 Å². The van der Waals surface area contributed by atoms with Crippen LogP contribution in [0.3, 0.4) is 0 Å². The molecular formula is C11H23N3. The molecule has 1 fully saturated rings. The molecule has 0 spiro atoms. The van der Waals surface area contributed by atoms with E-state index in [0.29, 0.717) is 18.0 Å². The molecule has 0 amide bonds. The first-order valence-electron chi connectivity index (χ1n) is 5.67. The van der Waals surface area contributed by atoms with Gasteiger partial charge in [0.05, 0.1) is 6.04 Å². The zero-order chi connectivity index (χ0) is 10.6. The fraction of sp³-hybridized carbons (Fsp3) is 0.909. The lowest BCUT2D eigenvalue weighted by molar-refractivity contribution is 0.348. The number of hydrogen-bond acceptors (Lipinski definition) is 1. The number of guanidine groups is 1. The quantitative estimate of drug-likeness (QED) is 0.524. The number of nitrogens with two attached hydrogens (primary N) is 1. The summed E-state index contributed by atoms with van der Waals surface area (Å²) in [5.74, 6) is 1.49. The summed E-state index contributed by atoms with van der Waals surface area (Å²) >= 11 is 0. The van der Waals surface area contributed by atoms with Crippen molar-refractivity contribution in [2.45, 2.75) is 58.5 Å². The van der Waals surface area contributed by atoms with Gasteiger partial charge in [0, 0.05) is 6.04 Å². The van der Waals surface area contributed by atoms with Crippen molar-refractivity contribution < 1.29 is 0 Å². The molecular weight excluding hydrogens is 174 g/mol. The first-order chi connectivity index (χ1) is 6.58. The van der Waals surface area contributed by atoms with Crippen molar-refractivity contribution in [3.05, 3.63) is 0 Å². The van der Waals surface area contributed by atoms with Crippen LogP contribution in [0.15, 0.2) is 4.99 Å². The van der Waals surface area contributed by atoms with E-state index < -0.39 is 0 Å². The molecule has 1 aliphatic rings. The highest BCUT2D eigenvalue weighted by Gasteiger charge is 2.17. The minimum Gasteiger partial charge on any atom is -0.370 e. The molecule has 0 saturated heterocycles. The highest BCUT2D eigenvalue weighted by molar-refractivity contribution is 5.78. The second-order valence-corrected chi connectivity index (χ2v) is 4.73. The summed E-state index contributed by atoms with van der Waals surface area (Å²) in [4.78, 5) is 4.49. The topological polar surface area (TPSA) is 50.4 Å². The second kappa shape index (κ2) is 5.23. The lowest BCUT2D eigenvalue weighted by atomic mass is 9.88. The number of aliphatic imine (C=N–C) groups is 1. The van der Waals surface area contributed by atoms with E-state index in [1.165, 1.54) is 25.7 Å². The summed E-state index contributed by atoms with van der Waals surface area (Å²) in [6.45, 7) is 6.46. The van der Waals surface area contributed by atoms with Crippen LogP contribution in [-0.2, 0) is 0 Å². The van der Waals surface area contributed by atoms with Crippen LogP contribution in [-0.4, -0.2) is 18.0 Å². The molecule has 3 heteroatoms. The van der Waals surface area contributed by atoms with Crippen molar-refractivity contribution in [3.8, 4) is 0 Å². The summed E-state index contributed by atoms with van der Waals surface area (Å²) in [6, 6.07) is 0.832. The van der Waals surface area contributed by atoms with Gasteiger partial charge in [-0.2, -0.15) is 0 Å². The van der Waals surface area contributed by atoms with Gasteiger partial charge in [0.15, 0.2) is 5.96 Å². The van der Waals surface area contributed by atoms with Gasteiger partial charge in [-0.1, -0.05) is 6.92 Å². The van der Waals surface area contributed by atoms with Crippen molar-refractivity contribution in [1.82, 2.24) is 5.32 Å². The maximum Gasteiger partial charge on any atom is 0.189 e. The van der Waals surface area contributed by atoms with Crippen LogP contribution >= 0.6 is 0 Å². The van der Waals surface area contributed by atoms with Gasteiger partial charge in [0.25, 0.3) is 0 Å². The molecule has 0 radical (unpaired) electrons. The second-order valence-electron chi connectivity index (χ2n) is 4.73. The van der Waals surface area contributed by atoms with Gasteiger partial charge in [-0.3, -0.25) is 4.99 Å². The van der Waals surface area contributed by atoms with E-state index in [9.17, 15) is 0 Å². The number of nitrogens with zero attached hydrogens (tertiary/aromatic N) is 1. The SMILES string of the molecule is CC1CCC(N=C(N)NC(C)C)CC1. The van der Waals surface area contributed by atoms with E-state index in [1.807, 2.05) is 0 Å². The third-order valence-electron chi connectivity index (χ3n) is 2.74. The van der Waals surface area contributed by atoms with E-state index in [4.69, 9.17) is 5.73 Å². The Labute approximate surface area is 87.2 Å². The Morgan fingerprint density at radius 3 is 2.36 bits per heavy atom. The predicted molar refractivity (Wildman–Crippen MR) is 61.3 cm³/mol. The molecule has 0 aromatic heterocycles. The Balaban J connectivity index is 2.35. The van der Waals surface area contributed by atoms with Gasteiger partial charge in [-0.05, 0) is 45.4 Å². The molecule has 0 bridgehead atoms. The summed E-state index contributed by atoms with van der Waals surface area (Å²) in [7, 11) is 0. The summed E-state index contributed by atoms with van der Waals surface area (Å²) in [5.41, 5.74) is 5.78. The van der Waals surface area contributed by atoms with Crippen LogP contribution in [0.4, 0.5) is 0 Å². The van der Waals surface area contributed by atoms with Crippen LogP contribution in [0.2, 0.25) is 0 Å². The van der Waals surface area contributed by atoms with Gasteiger partial charge < -0.3 is 11.1 Å². The Morgan fingerprint density at radius 1 is 1.29 bits per heavy atom. The zero-order valence-corrected chi connectivity index (χ0v) is 9.59. The molecule has 0 aromatic rings. The fourth-order valence-corrected chi connectivity index (χ4v) is 1.90. The first-order valence-corrected chi connectivity index (χ1v) is 5.67. The van der Waals surface area contributed by atoms with Crippen LogP contribution in [0.1, 0.15) is 46.5 Å². The lowest BCUT2D eigenvalue weighted by Crippen LogP contribution is -2.38. The van der Waals surface area contributed by atoms with Crippen LogP contribution in [0.25, 0.3) is 0 Å². The summed E-state index contributed by atoms with van der Waals surface area (Å²) in [6.07, 6.45) is 4.98. The highest BCUT2D eigenvalue weighted by Crippen LogP contribution is 2.25. The molecule has 1 rings (SSSR count). The maximum atomic E-state index is 5.78. The predicted octanol–water partition coefficient (Wildman–Crippen LogP) is 1.88. The average Bonchev–Trinajstić information content (AvgIpc) is 2.07. The Morgan fingerprint density at radius 2 is 1.86 bits per heavy atom. The number of rotatable bonds is 2. The molecule has 82 valence electrons. The van der Waals surface area contributed by atoms with Gasteiger partial charge in [-0.15, -0.1) is 0 Å². The Bertz CT molecular complexity index is 191. The van der Waals surface area contributed by atoms with Crippen molar-refractivity contribution in [2.24, 2.45) is 16.6 Å². The molecule has 0 aliphatic heterocycles. The van der Waals surface area contributed by atoms with Crippen molar-refractivity contribution in [2.75, 3.05) is 0 Å². The molecule has 0 aromatic carbocycles. The normalized spacial score (nSPS) is 29.3. The van der Waals surface area contributed by atoms with E-state index in [-0.39, 0.29) is 0 Å². The molecule has 1 saturated carbocycles. The molecule has 0 heterocycles. The van der Waals surface area contributed by atoms with Crippen molar-refractivity contribution >= 4 is 5.96 Å². The first kappa shape index (κ1) is 11.3. The highest BCUT2D eigenvalue weighted by atomic mass is 15.1. The van der Waals surface area contributed by atoms with Crippen LogP contribution < -0.4 is 11.1 Å². The maximum absolute atomic E-state index is 5.78. The van der Waals surface area contributed by atoms with Crippen LogP contribution in [0.5, 0.6) is 0 Å². The molecule has 1 aliphatic carbocycles. The van der Waals surface area contributed by atoms with Crippen LogP contribution in [0, 0.1) is 5.92 Å². The van der Waals surface area contributed by atoms with Gasteiger partial charge in [0.2, 0.25) is 0 Å². The molecule has 3 nitrogen and oxygen atoms in total. The third kappa shape index (κ3) is 3.99. The molecule has 0 unspecified atom stereocenters. The summed E-state index contributed by atoms with van der Waals surface area (Å²) in [5, 5.41) is 3.13. The Kier molecular flexibility index (Phi) is 4.23. The Hall–Kier alpha value is -0.730. The van der Waals surface area contributed by atoms with E-state index in [2.05, 4.69) is 31.1 Å². The molecule has 3 N–H and O–H groups in total. The largest absolute Gasteiger partial charge is 0.370 e. The van der Waals surface area contributed by atoms with Crippen molar-refractivity contribution in [1.29, 1.82) is 0 Å². The van der Waals surface area contributed by atoms with Gasteiger partial charge in [0.1, 0.15) is 0 Å². The van der Waals surface area contributed by atoms with Gasteiger partial charge in [-0.25, -0.2) is 0 Å².